The van der Waals surface area contributed by atoms with E-state index in [4.69, 9.17) is 10.5 Å². The number of methoxy groups -OCH3 is 1. The van der Waals surface area contributed by atoms with E-state index in [9.17, 15) is 21.6 Å². The number of ether oxygens (including phenoxy) is 1. The van der Waals surface area contributed by atoms with Crippen LogP contribution in [0.1, 0.15) is 6.42 Å². The van der Waals surface area contributed by atoms with Gasteiger partial charge in [0.05, 0.1) is 13.5 Å². The molecule has 0 heterocycles. The van der Waals surface area contributed by atoms with Gasteiger partial charge in [0.1, 0.15) is 10.6 Å². The molecule has 1 aromatic rings. The van der Waals surface area contributed by atoms with Crippen LogP contribution in [0.15, 0.2) is 21.5 Å². The van der Waals surface area contributed by atoms with Crippen LogP contribution in [-0.2, 0) is 10.0 Å². The van der Waals surface area contributed by atoms with Crippen molar-refractivity contribution in [1.29, 1.82) is 0 Å². The van der Waals surface area contributed by atoms with Crippen molar-refractivity contribution < 1.29 is 26.3 Å². The van der Waals surface area contributed by atoms with Gasteiger partial charge in [-0.2, -0.15) is 13.2 Å². The van der Waals surface area contributed by atoms with E-state index in [1.807, 2.05) is 0 Å². The minimum atomic E-state index is -4.44. The summed E-state index contributed by atoms with van der Waals surface area (Å²) in [5, 5.41) is 0. The molecule has 0 saturated carbocycles. The maximum absolute atomic E-state index is 12.3. The summed E-state index contributed by atoms with van der Waals surface area (Å²) in [7, 11) is -1.81. The van der Waals surface area contributed by atoms with Gasteiger partial charge >= 0.3 is 6.18 Å². The van der Waals surface area contributed by atoms with Crippen molar-refractivity contribution in [3.8, 4) is 5.75 Å². The van der Waals surface area contributed by atoms with Crippen LogP contribution in [0.4, 0.5) is 18.9 Å². The van der Waals surface area contributed by atoms with Gasteiger partial charge in [-0.1, -0.05) is 0 Å². The van der Waals surface area contributed by atoms with Crippen molar-refractivity contribution in [3.05, 3.63) is 16.6 Å². The van der Waals surface area contributed by atoms with E-state index in [1.165, 1.54) is 13.2 Å². The van der Waals surface area contributed by atoms with Gasteiger partial charge in [0.25, 0.3) is 0 Å². The summed E-state index contributed by atoms with van der Waals surface area (Å²) in [6.45, 7) is -0.690. The Morgan fingerprint density at radius 3 is 2.43 bits per heavy atom. The number of benzene rings is 1. The highest BCUT2D eigenvalue weighted by molar-refractivity contribution is 9.10. The molecule has 0 radical (unpaired) electrons. The summed E-state index contributed by atoms with van der Waals surface area (Å²) >= 11 is 3.12. The molecule has 0 saturated heterocycles. The Balaban J connectivity index is 3.16. The minimum absolute atomic E-state index is 0.00469. The van der Waals surface area contributed by atoms with Crippen LogP contribution in [0.5, 0.6) is 5.75 Å². The van der Waals surface area contributed by atoms with Crippen molar-refractivity contribution in [2.75, 3.05) is 26.4 Å². The van der Waals surface area contributed by atoms with E-state index < -0.39 is 29.2 Å². The van der Waals surface area contributed by atoms with Crippen molar-refractivity contribution >= 4 is 31.6 Å². The number of anilines is 1. The maximum Gasteiger partial charge on any atom is 0.390 e. The van der Waals surface area contributed by atoms with Gasteiger partial charge in [-0.25, -0.2) is 12.7 Å². The standard InChI is InChI=1S/C11H14BrF3N2O3S/c1-17(4-3-11(13,14)15)21(18,19)10-6-8(16)7(12)5-9(10)20-2/h5-6H,3-4,16H2,1-2H3. The number of nitrogen functional groups attached to an aromatic ring is 1. The van der Waals surface area contributed by atoms with Gasteiger partial charge in [0, 0.05) is 23.8 Å². The average Bonchev–Trinajstić information content (AvgIpc) is 2.37. The molecule has 0 atom stereocenters. The molecule has 1 rings (SSSR count). The number of alkyl halides is 3. The van der Waals surface area contributed by atoms with E-state index in [1.54, 1.807) is 0 Å². The van der Waals surface area contributed by atoms with Crippen LogP contribution in [0.25, 0.3) is 0 Å². The van der Waals surface area contributed by atoms with E-state index in [-0.39, 0.29) is 16.3 Å². The number of halogens is 4. The number of nitrogens with two attached hydrogens (primary N) is 1. The van der Waals surface area contributed by atoms with E-state index >= 15 is 0 Å². The van der Waals surface area contributed by atoms with Crippen LogP contribution < -0.4 is 10.5 Å². The summed E-state index contributed by atoms with van der Waals surface area (Å²) in [5.74, 6) is -0.00469. The first-order chi connectivity index (χ1) is 9.49. The Morgan fingerprint density at radius 1 is 1.38 bits per heavy atom. The molecule has 0 bridgehead atoms. The second kappa shape index (κ2) is 6.41. The lowest BCUT2D eigenvalue weighted by Crippen LogP contribution is -2.31. The van der Waals surface area contributed by atoms with Crippen LogP contribution >= 0.6 is 15.9 Å². The van der Waals surface area contributed by atoms with E-state index in [2.05, 4.69) is 15.9 Å². The normalized spacial score (nSPS) is 12.7. The Kier molecular flexibility index (Phi) is 5.51. The van der Waals surface area contributed by atoms with Crippen LogP contribution in [0.2, 0.25) is 0 Å². The first-order valence-corrected chi connectivity index (χ1v) is 7.88. The largest absolute Gasteiger partial charge is 0.495 e. The smallest absolute Gasteiger partial charge is 0.390 e. The van der Waals surface area contributed by atoms with Crippen LogP contribution in [0.3, 0.4) is 0 Å². The summed E-state index contributed by atoms with van der Waals surface area (Å²) < 4.78 is 67.2. The molecule has 21 heavy (non-hydrogen) atoms. The lowest BCUT2D eigenvalue weighted by Gasteiger charge is -2.20. The first-order valence-electron chi connectivity index (χ1n) is 5.65. The Bertz CT molecular complexity index is 620. The van der Waals surface area contributed by atoms with Gasteiger partial charge in [0.2, 0.25) is 10.0 Å². The molecule has 5 nitrogen and oxygen atoms in total. The third-order valence-electron chi connectivity index (χ3n) is 2.68. The van der Waals surface area contributed by atoms with Crippen LogP contribution in [0, 0.1) is 0 Å². The lowest BCUT2D eigenvalue weighted by molar-refractivity contribution is -0.135. The molecule has 10 heteroatoms. The molecule has 0 amide bonds. The van der Waals surface area contributed by atoms with Crippen molar-refractivity contribution in [1.82, 2.24) is 4.31 Å². The van der Waals surface area contributed by atoms with Gasteiger partial charge in [-0.05, 0) is 28.1 Å². The molecule has 0 aliphatic heterocycles. The molecule has 2 N–H and O–H groups in total. The minimum Gasteiger partial charge on any atom is -0.495 e. The first kappa shape index (κ1) is 18.1. The molecule has 0 unspecified atom stereocenters. The number of hydrogen-bond donors (Lipinski definition) is 1. The van der Waals surface area contributed by atoms with Crippen molar-refractivity contribution in [2.45, 2.75) is 17.5 Å². The zero-order valence-corrected chi connectivity index (χ0v) is 13.6. The molecule has 0 aromatic heterocycles. The summed E-state index contributed by atoms with van der Waals surface area (Å²) in [4.78, 5) is -0.282. The SMILES string of the molecule is COc1cc(Br)c(N)cc1S(=O)(=O)N(C)CCC(F)(F)F. The molecular weight excluding hydrogens is 377 g/mol. The molecule has 1 aromatic carbocycles. The second-order valence-corrected chi connectivity index (χ2v) is 7.08. The van der Waals surface area contributed by atoms with Gasteiger partial charge in [-0.3, -0.25) is 0 Å². The Hall–Kier alpha value is -1.00. The zero-order valence-electron chi connectivity index (χ0n) is 11.2. The second-order valence-electron chi connectivity index (χ2n) is 4.22. The van der Waals surface area contributed by atoms with Gasteiger partial charge < -0.3 is 10.5 Å². The number of sulfonamides is 1. The average molecular weight is 391 g/mol. The lowest BCUT2D eigenvalue weighted by atomic mass is 10.3. The van der Waals surface area contributed by atoms with Crippen molar-refractivity contribution in [3.63, 3.8) is 0 Å². The predicted molar refractivity (Wildman–Crippen MR) is 75.6 cm³/mol. The number of hydrogen-bond acceptors (Lipinski definition) is 4. The Morgan fingerprint density at radius 2 is 1.95 bits per heavy atom. The van der Waals surface area contributed by atoms with Crippen molar-refractivity contribution in [2.24, 2.45) is 0 Å². The van der Waals surface area contributed by atoms with Crippen LogP contribution in [-0.4, -0.2) is 39.6 Å². The third-order valence-corrected chi connectivity index (χ3v) is 5.25. The highest BCUT2D eigenvalue weighted by Crippen LogP contribution is 2.34. The molecular formula is C11H14BrF3N2O3S. The summed E-state index contributed by atoms with van der Waals surface area (Å²) in [6.07, 6.45) is -5.68. The molecule has 0 fully saturated rings. The van der Waals surface area contributed by atoms with Gasteiger partial charge in [-0.15, -0.1) is 0 Å². The fourth-order valence-electron chi connectivity index (χ4n) is 1.48. The summed E-state index contributed by atoms with van der Waals surface area (Å²) in [5.41, 5.74) is 5.76. The molecule has 0 aliphatic rings. The molecule has 0 aliphatic carbocycles. The maximum atomic E-state index is 12.3. The molecule has 120 valence electrons. The molecule has 0 spiro atoms. The fourth-order valence-corrected chi connectivity index (χ4v) is 3.15. The predicted octanol–water partition coefficient (Wildman–Crippen LogP) is 2.61. The topological polar surface area (TPSA) is 72.6 Å². The quantitative estimate of drug-likeness (QED) is 0.784. The monoisotopic (exact) mass is 390 g/mol. The summed E-state index contributed by atoms with van der Waals surface area (Å²) in [6, 6.07) is 2.49. The van der Waals surface area contributed by atoms with Gasteiger partial charge in [0.15, 0.2) is 0 Å². The number of rotatable bonds is 5. The van der Waals surface area contributed by atoms with E-state index in [0.717, 1.165) is 13.1 Å². The Labute approximate surface area is 129 Å². The third kappa shape index (κ3) is 4.48. The fraction of sp³-hybridized carbons (Fsp3) is 0.455. The highest BCUT2D eigenvalue weighted by Gasteiger charge is 2.32. The van der Waals surface area contributed by atoms with E-state index in [0.29, 0.717) is 8.78 Å². The zero-order chi connectivity index (χ0) is 16.4. The number of nitrogens with zero attached hydrogens (tertiary/aromatic N) is 1. The highest BCUT2D eigenvalue weighted by atomic mass is 79.9.